The molecular weight excluding hydrogens is 366 g/mol. The highest BCUT2D eigenvalue weighted by Crippen LogP contribution is 2.15. The zero-order valence-corrected chi connectivity index (χ0v) is 15.3. The Balaban J connectivity index is 1.62. The third kappa shape index (κ3) is 6.94. The number of nitrogens with zero attached hydrogens (tertiary/aromatic N) is 1. The molecule has 28 heavy (non-hydrogen) atoms. The number of benzene rings is 2. The molecule has 0 spiro atoms. The SMILES string of the molecule is COc1cccc(CC(=O)OCC(=O)NCCNc2ccc([N+](=O)[O-])cc2)c1. The van der Waals surface area contributed by atoms with Crippen LogP contribution in [0.1, 0.15) is 5.56 Å². The molecule has 2 rings (SSSR count). The Morgan fingerprint density at radius 2 is 1.86 bits per heavy atom. The number of amides is 1. The fraction of sp³-hybridized carbons (Fsp3) is 0.263. The molecule has 9 heteroatoms. The number of ether oxygens (including phenoxy) is 2. The molecule has 0 saturated heterocycles. The molecule has 0 radical (unpaired) electrons. The number of nitro benzene ring substituents is 1. The molecule has 0 aromatic heterocycles. The number of non-ortho nitro benzene ring substituents is 1. The quantitative estimate of drug-likeness (QED) is 0.277. The van der Waals surface area contributed by atoms with Crippen molar-refractivity contribution >= 4 is 23.3 Å². The van der Waals surface area contributed by atoms with Crippen LogP contribution in [0.15, 0.2) is 48.5 Å². The maximum absolute atomic E-state index is 11.8. The van der Waals surface area contributed by atoms with Crippen molar-refractivity contribution in [1.29, 1.82) is 0 Å². The Morgan fingerprint density at radius 3 is 2.54 bits per heavy atom. The molecular formula is C19H21N3O6. The van der Waals surface area contributed by atoms with Gasteiger partial charge in [0, 0.05) is 30.9 Å². The van der Waals surface area contributed by atoms with Crippen molar-refractivity contribution in [3.63, 3.8) is 0 Å². The molecule has 2 aromatic carbocycles. The molecule has 0 aliphatic heterocycles. The van der Waals surface area contributed by atoms with Crippen LogP contribution in [0.4, 0.5) is 11.4 Å². The van der Waals surface area contributed by atoms with Crippen molar-refractivity contribution in [3.05, 3.63) is 64.2 Å². The Morgan fingerprint density at radius 1 is 1.11 bits per heavy atom. The summed E-state index contributed by atoms with van der Waals surface area (Å²) in [4.78, 5) is 33.6. The molecule has 0 heterocycles. The molecule has 0 aliphatic carbocycles. The molecule has 0 unspecified atom stereocenters. The van der Waals surface area contributed by atoms with E-state index in [1.54, 1.807) is 36.4 Å². The van der Waals surface area contributed by atoms with Gasteiger partial charge in [-0.25, -0.2) is 0 Å². The number of esters is 1. The summed E-state index contributed by atoms with van der Waals surface area (Å²) in [6.45, 7) is 0.366. The molecule has 0 saturated carbocycles. The van der Waals surface area contributed by atoms with Crippen LogP contribution in [-0.4, -0.2) is 43.6 Å². The van der Waals surface area contributed by atoms with Gasteiger partial charge in [0.15, 0.2) is 6.61 Å². The van der Waals surface area contributed by atoms with E-state index in [9.17, 15) is 19.7 Å². The van der Waals surface area contributed by atoms with E-state index >= 15 is 0 Å². The van der Waals surface area contributed by atoms with Crippen LogP contribution < -0.4 is 15.4 Å². The van der Waals surface area contributed by atoms with Gasteiger partial charge in [-0.3, -0.25) is 19.7 Å². The van der Waals surface area contributed by atoms with Gasteiger partial charge in [0.2, 0.25) is 0 Å². The van der Waals surface area contributed by atoms with Gasteiger partial charge in [-0.15, -0.1) is 0 Å². The van der Waals surface area contributed by atoms with Gasteiger partial charge in [0.05, 0.1) is 18.5 Å². The van der Waals surface area contributed by atoms with Gasteiger partial charge in [0.25, 0.3) is 11.6 Å². The van der Waals surface area contributed by atoms with Crippen LogP contribution >= 0.6 is 0 Å². The van der Waals surface area contributed by atoms with Crippen molar-refractivity contribution in [2.24, 2.45) is 0 Å². The molecule has 1 amide bonds. The highest BCUT2D eigenvalue weighted by atomic mass is 16.6. The Labute approximate surface area is 161 Å². The van der Waals surface area contributed by atoms with Gasteiger partial charge in [-0.1, -0.05) is 12.1 Å². The number of methoxy groups -OCH3 is 1. The second kappa shape index (κ2) is 10.5. The number of anilines is 1. The van der Waals surface area contributed by atoms with Gasteiger partial charge in [0.1, 0.15) is 5.75 Å². The molecule has 0 atom stereocenters. The summed E-state index contributed by atoms with van der Waals surface area (Å²) in [6, 6.07) is 13.0. The lowest BCUT2D eigenvalue weighted by Gasteiger charge is -2.09. The highest BCUT2D eigenvalue weighted by Gasteiger charge is 2.09. The molecule has 2 aromatic rings. The number of hydrogen-bond donors (Lipinski definition) is 2. The van der Waals surface area contributed by atoms with E-state index in [2.05, 4.69) is 10.6 Å². The average molecular weight is 387 g/mol. The van der Waals surface area contributed by atoms with Gasteiger partial charge in [-0.05, 0) is 29.8 Å². The number of rotatable bonds is 10. The minimum atomic E-state index is -0.507. The molecule has 0 bridgehead atoms. The third-order valence-corrected chi connectivity index (χ3v) is 3.70. The van der Waals surface area contributed by atoms with E-state index in [-0.39, 0.29) is 18.7 Å². The fourth-order valence-corrected chi connectivity index (χ4v) is 2.31. The van der Waals surface area contributed by atoms with E-state index in [0.717, 1.165) is 5.56 Å². The summed E-state index contributed by atoms with van der Waals surface area (Å²) in [5, 5.41) is 16.2. The normalized spacial score (nSPS) is 10.0. The van der Waals surface area contributed by atoms with Crippen LogP contribution in [0, 0.1) is 10.1 Å². The first-order chi connectivity index (χ1) is 13.5. The first kappa shape index (κ1) is 20.7. The van der Waals surface area contributed by atoms with E-state index in [0.29, 0.717) is 24.5 Å². The maximum Gasteiger partial charge on any atom is 0.310 e. The van der Waals surface area contributed by atoms with Crippen molar-refractivity contribution in [3.8, 4) is 5.75 Å². The highest BCUT2D eigenvalue weighted by molar-refractivity contribution is 5.81. The molecule has 9 nitrogen and oxygen atoms in total. The van der Waals surface area contributed by atoms with Crippen LogP contribution in [-0.2, 0) is 20.7 Å². The molecule has 0 fully saturated rings. The number of nitro groups is 1. The van der Waals surface area contributed by atoms with E-state index in [1.165, 1.54) is 19.2 Å². The van der Waals surface area contributed by atoms with E-state index in [1.807, 2.05) is 0 Å². The van der Waals surface area contributed by atoms with Crippen molar-refractivity contribution < 1.29 is 24.0 Å². The van der Waals surface area contributed by atoms with Crippen molar-refractivity contribution in [2.75, 3.05) is 32.1 Å². The second-order valence-electron chi connectivity index (χ2n) is 5.77. The number of carbonyl (C=O) groups excluding carboxylic acids is 2. The fourth-order valence-electron chi connectivity index (χ4n) is 2.31. The lowest BCUT2D eigenvalue weighted by Crippen LogP contribution is -2.32. The second-order valence-corrected chi connectivity index (χ2v) is 5.77. The smallest absolute Gasteiger partial charge is 0.310 e. The van der Waals surface area contributed by atoms with Crippen LogP contribution in [0.25, 0.3) is 0 Å². The Kier molecular flexibility index (Phi) is 7.77. The molecule has 0 aliphatic rings. The molecule has 2 N–H and O–H groups in total. The summed E-state index contributed by atoms with van der Waals surface area (Å²) in [7, 11) is 1.54. The summed E-state index contributed by atoms with van der Waals surface area (Å²) in [5.74, 6) is -0.277. The number of carbonyl (C=O) groups is 2. The lowest BCUT2D eigenvalue weighted by molar-refractivity contribution is -0.384. The van der Waals surface area contributed by atoms with E-state index < -0.39 is 16.8 Å². The first-order valence-corrected chi connectivity index (χ1v) is 8.51. The minimum absolute atomic E-state index is 0.00890. The largest absolute Gasteiger partial charge is 0.497 e. The zero-order valence-electron chi connectivity index (χ0n) is 15.3. The average Bonchev–Trinajstić information content (AvgIpc) is 2.70. The summed E-state index contributed by atoms with van der Waals surface area (Å²) in [5.41, 5.74) is 1.44. The monoisotopic (exact) mass is 387 g/mol. The minimum Gasteiger partial charge on any atom is -0.497 e. The van der Waals surface area contributed by atoms with Gasteiger partial charge in [-0.2, -0.15) is 0 Å². The maximum atomic E-state index is 11.8. The Hall–Kier alpha value is -3.62. The Bertz CT molecular complexity index is 823. The van der Waals surface area contributed by atoms with Crippen molar-refractivity contribution in [1.82, 2.24) is 5.32 Å². The summed E-state index contributed by atoms with van der Waals surface area (Å²) < 4.78 is 10.0. The lowest BCUT2D eigenvalue weighted by atomic mass is 10.1. The zero-order chi connectivity index (χ0) is 20.4. The summed E-state index contributed by atoms with van der Waals surface area (Å²) in [6.07, 6.45) is 0.0478. The number of nitrogens with one attached hydrogen (secondary N) is 2. The van der Waals surface area contributed by atoms with Crippen LogP contribution in [0.5, 0.6) is 5.75 Å². The standard InChI is InChI=1S/C19H21N3O6/c1-27-17-4-2-3-14(11-17)12-19(24)28-13-18(23)21-10-9-20-15-5-7-16(8-6-15)22(25)26/h2-8,11,20H,9-10,12-13H2,1H3,(H,21,23). The first-order valence-electron chi connectivity index (χ1n) is 8.51. The predicted molar refractivity (Wildman–Crippen MR) is 102 cm³/mol. The van der Waals surface area contributed by atoms with Crippen LogP contribution in [0.2, 0.25) is 0 Å². The van der Waals surface area contributed by atoms with Crippen LogP contribution in [0.3, 0.4) is 0 Å². The number of hydrogen-bond acceptors (Lipinski definition) is 7. The van der Waals surface area contributed by atoms with Gasteiger partial charge >= 0.3 is 5.97 Å². The molecule has 148 valence electrons. The van der Waals surface area contributed by atoms with Crippen molar-refractivity contribution in [2.45, 2.75) is 6.42 Å². The van der Waals surface area contributed by atoms with E-state index in [4.69, 9.17) is 9.47 Å². The van der Waals surface area contributed by atoms with Gasteiger partial charge < -0.3 is 20.1 Å². The topological polar surface area (TPSA) is 120 Å². The third-order valence-electron chi connectivity index (χ3n) is 3.70. The predicted octanol–water partition coefficient (Wildman–Crippen LogP) is 1.92. The summed E-state index contributed by atoms with van der Waals surface area (Å²) >= 11 is 0.